The summed E-state index contributed by atoms with van der Waals surface area (Å²) in [4.78, 5) is 11.4. The summed E-state index contributed by atoms with van der Waals surface area (Å²) in [6, 6.07) is -0.00546. The number of ketones is 1. The Morgan fingerprint density at radius 1 is 1.54 bits per heavy atom. The summed E-state index contributed by atoms with van der Waals surface area (Å²) in [5.74, 6) is 3.07. The van der Waals surface area contributed by atoms with Crippen LogP contribution >= 0.6 is 11.8 Å². The van der Waals surface area contributed by atoms with Crippen molar-refractivity contribution in [1.29, 1.82) is 0 Å². The molecular formula is C10H17NOS. The lowest BCUT2D eigenvalue weighted by atomic mass is 10.1. The maximum Gasteiger partial charge on any atom is 0.161 e. The van der Waals surface area contributed by atoms with Crippen molar-refractivity contribution in [2.24, 2.45) is 0 Å². The first-order chi connectivity index (χ1) is 6.11. The fraction of sp³-hybridized carbons (Fsp3) is 0.700. The van der Waals surface area contributed by atoms with Crippen molar-refractivity contribution >= 4 is 17.5 Å². The van der Waals surface area contributed by atoms with Crippen LogP contribution in [0.3, 0.4) is 0 Å². The van der Waals surface area contributed by atoms with Crippen molar-refractivity contribution in [3.8, 4) is 11.2 Å². The van der Waals surface area contributed by atoms with Gasteiger partial charge in [0.15, 0.2) is 5.78 Å². The van der Waals surface area contributed by atoms with Crippen LogP contribution in [0.2, 0.25) is 0 Å². The number of hydrogen-bond acceptors (Lipinski definition) is 3. The Kier molecular flexibility index (Phi) is 6.75. The van der Waals surface area contributed by atoms with E-state index in [1.165, 1.54) is 11.8 Å². The molecule has 0 spiro atoms. The maximum atomic E-state index is 11.4. The Morgan fingerprint density at radius 2 is 2.15 bits per heavy atom. The van der Waals surface area contributed by atoms with Gasteiger partial charge in [-0.25, -0.2) is 0 Å². The zero-order valence-corrected chi connectivity index (χ0v) is 9.49. The van der Waals surface area contributed by atoms with Crippen LogP contribution in [0.5, 0.6) is 0 Å². The lowest BCUT2D eigenvalue weighted by Crippen LogP contribution is -2.39. The minimum absolute atomic E-state index is 0.162. The van der Waals surface area contributed by atoms with Gasteiger partial charge in [0, 0.05) is 12.5 Å². The predicted octanol–water partition coefficient (Wildman–Crippen LogP) is 1.66. The minimum Gasteiger partial charge on any atom is -0.297 e. The average Bonchev–Trinajstić information content (AvgIpc) is 2.10. The highest BCUT2D eigenvalue weighted by molar-refractivity contribution is 8.03. The van der Waals surface area contributed by atoms with E-state index in [0.29, 0.717) is 6.42 Å². The summed E-state index contributed by atoms with van der Waals surface area (Å²) in [6.45, 7) is 5.88. The van der Waals surface area contributed by atoms with E-state index in [1.54, 1.807) is 0 Å². The van der Waals surface area contributed by atoms with E-state index < -0.39 is 0 Å². The molecule has 2 nitrogen and oxygen atoms in total. The van der Waals surface area contributed by atoms with E-state index in [1.807, 2.05) is 27.0 Å². The monoisotopic (exact) mass is 199 g/mol. The van der Waals surface area contributed by atoms with E-state index in [0.717, 1.165) is 0 Å². The quantitative estimate of drug-likeness (QED) is 0.698. The predicted molar refractivity (Wildman–Crippen MR) is 58.6 cm³/mol. The van der Waals surface area contributed by atoms with Crippen LogP contribution < -0.4 is 5.32 Å². The molecule has 0 bridgehead atoms. The summed E-state index contributed by atoms with van der Waals surface area (Å²) in [5.41, 5.74) is 0. The molecule has 3 heteroatoms. The van der Waals surface area contributed by atoms with Crippen molar-refractivity contribution in [3.05, 3.63) is 0 Å². The molecule has 0 aromatic rings. The van der Waals surface area contributed by atoms with Crippen LogP contribution in [0, 0.1) is 11.2 Å². The Balaban J connectivity index is 4.27. The third-order valence-electron chi connectivity index (χ3n) is 1.48. The van der Waals surface area contributed by atoms with E-state index in [4.69, 9.17) is 0 Å². The maximum absolute atomic E-state index is 11.4. The van der Waals surface area contributed by atoms with Gasteiger partial charge in [-0.15, -0.1) is 0 Å². The number of hydrogen-bond donors (Lipinski definition) is 1. The summed E-state index contributed by atoms with van der Waals surface area (Å²) >= 11 is 1.43. The highest BCUT2D eigenvalue weighted by atomic mass is 32.2. The molecule has 0 aromatic heterocycles. The number of carbonyl (C=O) groups is 1. The molecule has 74 valence electrons. The third kappa shape index (κ3) is 5.73. The number of rotatable bonds is 4. The van der Waals surface area contributed by atoms with Gasteiger partial charge in [-0.1, -0.05) is 24.6 Å². The summed E-state index contributed by atoms with van der Waals surface area (Å²) < 4.78 is 0. The smallest absolute Gasteiger partial charge is 0.161 e. The largest absolute Gasteiger partial charge is 0.297 e. The van der Waals surface area contributed by atoms with Gasteiger partial charge in [0.2, 0.25) is 0 Å². The van der Waals surface area contributed by atoms with Crippen LogP contribution in [0.1, 0.15) is 27.2 Å². The van der Waals surface area contributed by atoms with E-state index >= 15 is 0 Å². The minimum atomic E-state index is -0.294. The standard InChI is InChI=1S/C10H17NOS/c1-5-10(12)9(6-7-13-4)11-8(2)3/h8-9,11H,5H2,1-4H3. The number of thioether (sulfide) groups is 1. The first-order valence-corrected chi connectivity index (χ1v) is 5.66. The highest BCUT2D eigenvalue weighted by Gasteiger charge is 2.13. The zero-order chi connectivity index (χ0) is 10.3. The lowest BCUT2D eigenvalue weighted by molar-refractivity contribution is -0.119. The third-order valence-corrected chi connectivity index (χ3v) is 1.80. The van der Waals surface area contributed by atoms with Gasteiger partial charge in [-0.2, -0.15) is 0 Å². The topological polar surface area (TPSA) is 29.1 Å². The molecule has 0 saturated carbocycles. The first-order valence-electron chi connectivity index (χ1n) is 4.44. The van der Waals surface area contributed by atoms with Gasteiger partial charge in [-0.05, 0) is 25.4 Å². The Hall–Kier alpha value is -0.460. The molecule has 0 aliphatic rings. The molecule has 0 aliphatic heterocycles. The normalized spacial score (nSPS) is 12.1. The van der Waals surface area contributed by atoms with Gasteiger partial charge < -0.3 is 0 Å². The van der Waals surface area contributed by atoms with Gasteiger partial charge in [0.05, 0.1) is 0 Å². The van der Waals surface area contributed by atoms with E-state index in [9.17, 15) is 4.79 Å². The Morgan fingerprint density at radius 3 is 2.54 bits per heavy atom. The van der Waals surface area contributed by atoms with Crippen molar-refractivity contribution < 1.29 is 4.79 Å². The van der Waals surface area contributed by atoms with E-state index in [2.05, 4.69) is 16.5 Å². The highest BCUT2D eigenvalue weighted by Crippen LogP contribution is 1.94. The summed E-state index contributed by atoms with van der Waals surface area (Å²) in [7, 11) is 0. The second-order valence-corrected chi connectivity index (χ2v) is 3.64. The van der Waals surface area contributed by atoms with Gasteiger partial charge >= 0.3 is 0 Å². The molecule has 0 rings (SSSR count). The molecule has 0 fully saturated rings. The van der Waals surface area contributed by atoms with Crippen LogP contribution in [0.4, 0.5) is 0 Å². The molecule has 1 unspecified atom stereocenters. The fourth-order valence-corrected chi connectivity index (χ4v) is 1.11. The summed E-state index contributed by atoms with van der Waals surface area (Å²) in [5, 5.41) is 5.98. The van der Waals surface area contributed by atoms with Gasteiger partial charge in [-0.3, -0.25) is 10.1 Å². The molecule has 0 amide bonds. The van der Waals surface area contributed by atoms with Crippen LogP contribution in [-0.4, -0.2) is 24.1 Å². The molecule has 0 heterocycles. The second kappa shape index (κ2) is 6.99. The molecule has 1 atom stereocenters. The molecule has 0 aliphatic carbocycles. The van der Waals surface area contributed by atoms with Crippen LogP contribution in [0.25, 0.3) is 0 Å². The second-order valence-electron chi connectivity index (χ2n) is 3.02. The fourth-order valence-electron chi connectivity index (χ4n) is 0.870. The number of Topliss-reactive ketones (excluding diaryl/α,β-unsaturated/α-hetero) is 1. The average molecular weight is 199 g/mol. The van der Waals surface area contributed by atoms with Gasteiger partial charge in [0.1, 0.15) is 6.04 Å². The molecule has 0 radical (unpaired) electrons. The number of carbonyl (C=O) groups excluding carboxylic acids is 1. The van der Waals surface area contributed by atoms with E-state index in [-0.39, 0.29) is 17.9 Å². The SMILES string of the molecule is CCC(=O)C(C#CSC)NC(C)C. The lowest BCUT2D eigenvalue weighted by Gasteiger charge is -2.13. The first kappa shape index (κ1) is 12.5. The zero-order valence-electron chi connectivity index (χ0n) is 8.68. The molecular weight excluding hydrogens is 182 g/mol. The van der Waals surface area contributed by atoms with Crippen molar-refractivity contribution in [1.82, 2.24) is 5.32 Å². The molecule has 1 N–H and O–H groups in total. The number of nitrogens with one attached hydrogen (secondary N) is 1. The van der Waals surface area contributed by atoms with Gasteiger partial charge in [0.25, 0.3) is 0 Å². The van der Waals surface area contributed by atoms with Crippen molar-refractivity contribution in [2.45, 2.75) is 39.3 Å². The molecule has 13 heavy (non-hydrogen) atoms. The summed E-state index contributed by atoms with van der Waals surface area (Å²) in [6.07, 6.45) is 2.43. The Labute approximate surface area is 84.9 Å². The Bertz CT molecular complexity index is 215. The van der Waals surface area contributed by atoms with Crippen LogP contribution in [0.15, 0.2) is 0 Å². The van der Waals surface area contributed by atoms with Crippen molar-refractivity contribution in [3.63, 3.8) is 0 Å². The molecule has 0 aromatic carbocycles. The van der Waals surface area contributed by atoms with Crippen LogP contribution in [-0.2, 0) is 4.79 Å². The molecule has 0 saturated heterocycles. The van der Waals surface area contributed by atoms with Crippen molar-refractivity contribution in [2.75, 3.05) is 6.26 Å².